The van der Waals surface area contributed by atoms with E-state index in [0.717, 1.165) is 24.5 Å². The molecule has 0 spiro atoms. The first kappa shape index (κ1) is 22.4. The third-order valence-corrected chi connectivity index (χ3v) is 5.24. The second kappa shape index (κ2) is 9.39. The van der Waals surface area contributed by atoms with Crippen molar-refractivity contribution in [1.29, 1.82) is 0 Å². The van der Waals surface area contributed by atoms with Crippen molar-refractivity contribution in [1.82, 2.24) is 15.0 Å². The highest BCUT2D eigenvalue weighted by molar-refractivity contribution is 5.67. The van der Waals surface area contributed by atoms with Gasteiger partial charge in [0.1, 0.15) is 23.2 Å². The van der Waals surface area contributed by atoms with Crippen LogP contribution in [0.2, 0.25) is 0 Å². The maximum absolute atomic E-state index is 12.6. The van der Waals surface area contributed by atoms with Crippen molar-refractivity contribution < 1.29 is 17.9 Å². The molecule has 3 heterocycles. The summed E-state index contributed by atoms with van der Waals surface area (Å²) >= 11 is 0. The van der Waals surface area contributed by atoms with Gasteiger partial charge >= 0.3 is 6.36 Å². The Bertz CT molecular complexity index is 1090. The normalized spacial score (nSPS) is 14.2. The van der Waals surface area contributed by atoms with Gasteiger partial charge in [-0.05, 0) is 31.2 Å². The summed E-state index contributed by atoms with van der Waals surface area (Å²) in [6.07, 6.45) is -2.98. The number of rotatable bonds is 6. The Kier molecular flexibility index (Phi) is 6.38. The molecule has 3 aromatic rings. The zero-order valence-electron chi connectivity index (χ0n) is 18.2. The summed E-state index contributed by atoms with van der Waals surface area (Å²) in [5, 5.41) is 6.17. The van der Waals surface area contributed by atoms with Crippen LogP contribution in [0.15, 0.2) is 48.7 Å². The second-order valence-corrected chi connectivity index (χ2v) is 7.46. The Morgan fingerprint density at radius 2 is 1.67 bits per heavy atom. The lowest BCUT2D eigenvalue weighted by atomic mass is 10.2. The van der Waals surface area contributed by atoms with Crippen LogP contribution >= 0.6 is 0 Å². The SMILES string of the molecule is CNc1nc(N2CCN(c3ccccn3)CC2)nc(Nc2cccc(OC(F)(F)F)c2)c1C. The number of alkyl halides is 3. The Hall–Kier alpha value is -3.76. The molecule has 0 unspecified atom stereocenters. The number of hydrogen-bond donors (Lipinski definition) is 2. The molecular weight excluding hydrogens is 435 g/mol. The number of anilines is 5. The molecule has 0 radical (unpaired) electrons. The average molecular weight is 459 g/mol. The summed E-state index contributed by atoms with van der Waals surface area (Å²) < 4.78 is 41.7. The Labute approximate surface area is 189 Å². The molecule has 2 aromatic heterocycles. The maximum atomic E-state index is 12.6. The monoisotopic (exact) mass is 459 g/mol. The van der Waals surface area contributed by atoms with E-state index in [4.69, 9.17) is 0 Å². The summed E-state index contributed by atoms with van der Waals surface area (Å²) in [7, 11) is 1.76. The lowest BCUT2D eigenvalue weighted by molar-refractivity contribution is -0.274. The minimum absolute atomic E-state index is 0.307. The van der Waals surface area contributed by atoms with Crippen LogP contribution in [0.1, 0.15) is 5.56 Å². The highest BCUT2D eigenvalue weighted by atomic mass is 19.4. The molecule has 1 aliphatic heterocycles. The van der Waals surface area contributed by atoms with Gasteiger partial charge in [0.25, 0.3) is 0 Å². The van der Waals surface area contributed by atoms with Gasteiger partial charge in [-0.15, -0.1) is 13.2 Å². The Morgan fingerprint density at radius 3 is 2.33 bits per heavy atom. The van der Waals surface area contributed by atoms with Crippen LogP contribution in [-0.4, -0.2) is 54.5 Å². The second-order valence-electron chi connectivity index (χ2n) is 7.46. The van der Waals surface area contributed by atoms with Gasteiger partial charge < -0.3 is 25.2 Å². The molecular formula is C22H24F3N7O. The predicted molar refractivity (Wildman–Crippen MR) is 121 cm³/mol. The van der Waals surface area contributed by atoms with Gasteiger partial charge in [-0.25, -0.2) is 4.98 Å². The van der Waals surface area contributed by atoms with Gasteiger partial charge in [0.2, 0.25) is 5.95 Å². The molecule has 0 atom stereocenters. The third kappa shape index (κ3) is 5.54. The lowest BCUT2D eigenvalue weighted by Gasteiger charge is -2.35. The van der Waals surface area contributed by atoms with Crippen molar-refractivity contribution in [3.63, 3.8) is 0 Å². The first-order valence-corrected chi connectivity index (χ1v) is 10.4. The van der Waals surface area contributed by atoms with E-state index in [9.17, 15) is 13.2 Å². The van der Waals surface area contributed by atoms with Crippen LogP contribution in [0.5, 0.6) is 5.75 Å². The van der Waals surface area contributed by atoms with Gasteiger partial charge in [-0.2, -0.15) is 9.97 Å². The van der Waals surface area contributed by atoms with Crippen molar-refractivity contribution in [2.75, 3.05) is 53.7 Å². The number of halogens is 3. The van der Waals surface area contributed by atoms with E-state index in [0.29, 0.717) is 36.4 Å². The molecule has 4 rings (SSSR count). The van der Waals surface area contributed by atoms with E-state index < -0.39 is 6.36 Å². The predicted octanol–water partition coefficient (Wildman–Crippen LogP) is 4.19. The summed E-state index contributed by atoms with van der Waals surface area (Å²) in [6.45, 7) is 4.78. The minimum atomic E-state index is -4.76. The number of piperazine rings is 1. The van der Waals surface area contributed by atoms with Gasteiger partial charge in [0.05, 0.1) is 0 Å². The van der Waals surface area contributed by atoms with Crippen molar-refractivity contribution in [2.45, 2.75) is 13.3 Å². The van der Waals surface area contributed by atoms with E-state index in [1.807, 2.05) is 25.1 Å². The molecule has 1 saturated heterocycles. The minimum Gasteiger partial charge on any atom is -0.406 e. The lowest BCUT2D eigenvalue weighted by Crippen LogP contribution is -2.47. The molecule has 1 aromatic carbocycles. The van der Waals surface area contributed by atoms with Crippen molar-refractivity contribution in [3.05, 3.63) is 54.2 Å². The number of ether oxygens (including phenoxy) is 1. The Balaban J connectivity index is 1.53. The molecule has 174 valence electrons. The highest BCUT2D eigenvalue weighted by Gasteiger charge is 2.31. The van der Waals surface area contributed by atoms with Gasteiger partial charge in [-0.3, -0.25) is 0 Å². The van der Waals surface area contributed by atoms with E-state index >= 15 is 0 Å². The number of hydrogen-bond acceptors (Lipinski definition) is 8. The molecule has 0 saturated carbocycles. The van der Waals surface area contributed by atoms with E-state index in [1.54, 1.807) is 19.3 Å². The zero-order valence-corrected chi connectivity index (χ0v) is 18.2. The number of benzene rings is 1. The van der Waals surface area contributed by atoms with Crippen LogP contribution in [0.3, 0.4) is 0 Å². The van der Waals surface area contributed by atoms with Crippen LogP contribution in [0.25, 0.3) is 0 Å². The molecule has 8 nitrogen and oxygen atoms in total. The fourth-order valence-corrected chi connectivity index (χ4v) is 3.60. The van der Waals surface area contributed by atoms with Gasteiger partial charge in [0, 0.05) is 56.7 Å². The van der Waals surface area contributed by atoms with Gasteiger partial charge in [0.15, 0.2) is 0 Å². The molecule has 2 N–H and O–H groups in total. The number of pyridine rings is 1. The van der Waals surface area contributed by atoms with Crippen molar-refractivity contribution >= 4 is 29.1 Å². The standard InChI is InChI=1S/C22H24F3N7O/c1-15-19(26-2)29-21(32-12-10-31(11-13-32)18-8-3-4-9-27-18)30-20(15)28-16-6-5-7-17(14-16)33-22(23,24)25/h3-9,14H,10-13H2,1-2H3,(H2,26,28,29,30). The smallest absolute Gasteiger partial charge is 0.406 e. The van der Waals surface area contributed by atoms with E-state index in [-0.39, 0.29) is 5.75 Å². The fraction of sp³-hybridized carbons (Fsp3) is 0.318. The van der Waals surface area contributed by atoms with Crippen LogP contribution < -0.4 is 25.2 Å². The fourth-order valence-electron chi connectivity index (χ4n) is 3.60. The number of aromatic nitrogens is 3. The van der Waals surface area contributed by atoms with E-state index in [1.165, 1.54) is 18.2 Å². The third-order valence-electron chi connectivity index (χ3n) is 5.24. The summed E-state index contributed by atoms with van der Waals surface area (Å²) in [5.41, 5.74) is 1.17. The zero-order chi connectivity index (χ0) is 23.4. The Morgan fingerprint density at radius 1 is 0.939 bits per heavy atom. The average Bonchev–Trinajstić information content (AvgIpc) is 2.80. The molecule has 1 aliphatic rings. The largest absolute Gasteiger partial charge is 0.573 e. The molecule has 1 fully saturated rings. The topological polar surface area (TPSA) is 78.4 Å². The molecule has 33 heavy (non-hydrogen) atoms. The summed E-state index contributed by atoms with van der Waals surface area (Å²) in [5.74, 6) is 2.30. The van der Waals surface area contributed by atoms with Crippen molar-refractivity contribution in [2.24, 2.45) is 0 Å². The number of nitrogens with one attached hydrogen (secondary N) is 2. The van der Waals surface area contributed by atoms with E-state index in [2.05, 4.69) is 40.1 Å². The highest BCUT2D eigenvalue weighted by Crippen LogP contribution is 2.30. The van der Waals surface area contributed by atoms with Crippen LogP contribution in [-0.2, 0) is 0 Å². The molecule has 0 aliphatic carbocycles. The molecule has 0 amide bonds. The molecule has 11 heteroatoms. The first-order chi connectivity index (χ1) is 15.8. The van der Waals surface area contributed by atoms with Gasteiger partial charge in [-0.1, -0.05) is 12.1 Å². The quantitative estimate of drug-likeness (QED) is 0.568. The number of nitrogens with zero attached hydrogens (tertiary/aromatic N) is 5. The summed E-state index contributed by atoms with van der Waals surface area (Å²) in [6, 6.07) is 11.5. The first-order valence-electron chi connectivity index (χ1n) is 10.4. The van der Waals surface area contributed by atoms with Crippen LogP contribution in [0.4, 0.5) is 42.3 Å². The van der Waals surface area contributed by atoms with Crippen LogP contribution in [0, 0.1) is 6.92 Å². The molecule has 0 bridgehead atoms. The maximum Gasteiger partial charge on any atom is 0.573 e. The summed E-state index contributed by atoms with van der Waals surface area (Å²) in [4.78, 5) is 18.0. The van der Waals surface area contributed by atoms with Crippen molar-refractivity contribution in [3.8, 4) is 5.75 Å².